The van der Waals surface area contributed by atoms with Crippen LogP contribution in [0.25, 0.3) is 0 Å². The Kier molecular flexibility index (Phi) is 4.71. The first-order valence-corrected chi connectivity index (χ1v) is 8.36. The zero-order chi connectivity index (χ0) is 16.2. The number of hydrogen-bond acceptors (Lipinski definition) is 3. The van der Waals surface area contributed by atoms with Crippen molar-refractivity contribution in [1.29, 1.82) is 0 Å². The van der Waals surface area contributed by atoms with Crippen molar-refractivity contribution in [1.82, 2.24) is 9.80 Å². The minimum absolute atomic E-state index is 0.0137. The summed E-state index contributed by atoms with van der Waals surface area (Å²) in [5.74, 6) is -0.257. The minimum atomic E-state index is -0.304. The van der Waals surface area contributed by atoms with Crippen molar-refractivity contribution in [2.45, 2.75) is 6.42 Å². The van der Waals surface area contributed by atoms with E-state index in [4.69, 9.17) is 0 Å². The van der Waals surface area contributed by atoms with Crippen LogP contribution in [0.3, 0.4) is 0 Å². The third kappa shape index (κ3) is 3.76. The first kappa shape index (κ1) is 15.7. The zero-order valence-electron chi connectivity index (χ0n) is 12.6. The van der Waals surface area contributed by atoms with Crippen LogP contribution in [0.2, 0.25) is 0 Å². The predicted octanol–water partition coefficient (Wildman–Crippen LogP) is 2.41. The number of carbonyl (C=O) groups is 2. The van der Waals surface area contributed by atoms with Gasteiger partial charge in [-0.15, -0.1) is 11.3 Å². The molecule has 3 rings (SSSR count). The highest BCUT2D eigenvalue weighted by atomic mass is 32.1. The van der Waals surface area contributed by atoms with Crippen molar-refractivity contribution < 1.29 is 14.0 Å². The summed E-state index contributed by atoms with van der Waals surface area (Å²) < 4.78 is 12.9. The molecule has 0 N–H and O–H groups in total. The molecule has 23 heavy (non-hydrogen) atoms. The number of rotatable bonds is 3. The molecule has 4 nitrogen and oxygen atoms in total. The summed E-state index contributed by atoms with van der Waals surface area (Å²) in [6.45, 7) is 2.17. The summed E-state index contributed by atoms with van der Waals surface area (Å²) in [6.07, 6.45) is 0.263. The van der Waals surface area contributed by atoms with E-state index in [-0.39, 0.29) is 24.1 Å². The van der Waals surface area contributed by atoms with Crippen LogP contribution in [0.15, 0.2) is 41.8 Å². The Morgan fingerprint density at radius 1 is 1.00 bits per heavy atom. The standard InChI is InChI=1S/C17H17FN2O2S/c18-14-5-3-13(4-6-14)12-16(21)19-7-9-20(10-8-19)17(22)15-2-1-11-23-15/h1-6,11H,7-10,12H2. The van der Waals surface area contributed by atoms with Crippen LogP contribution in [-0.2, 0) is 11.2 Å². The van der Waals surface area contributed by atoms with Crippen LogP contribution in [0.5, 0.6) is 0 Å². The molecule has 0 atom stereocenters. The normalized spacial score (nSPS) is 14.8. The molecule has 1 fully saturated rings. The van der Waals surface area contributed by atoms with Gasteiger partial charge in [0.1, 0.15) is 5.82 Å². The van der Waals surface area contributed by atoms with Crippen molar-refractivity contribution in [3.05, 3.63) is 58.0 Å². The molecule has 120 valence electrons. The van der Waals surface area contributed by atoms with Gasteiger partial charge in [-0.05, 0) is 29.1 Å². The SMILES string of the molecule is O=C(Cc1ccc(F)cc1)N1CCN(C(=O)c2cccs2)CC1. The second-order valence-electron chi connectivity index (χ2n) is 5.45. The number of halogens is 1. The van der Waals surface area contributed by atoms with Crippen molar-refractivity contribution in [3.8, 4) is 0 Å². The van der Waals surface area contributed by atoms with Gasteiger partial charge < -0.3 is 9.80 Å². The smallest absolute Gasteiger partial charge is 0.264 e. The molecule has 0 unspecified atom stereocenters. The second kappa shape index (κ2) is 6.91. The Hall–Kier alpha value is -2.21. The maximum Gasteiger partial charge on any atom is 0.264 e. The van der Waals surface area contributed by atoms with Crippen LogP contribution < -0.4 is 0 Å². The highest BCUT2D eigenvalue weighted by Crippen LogP contribution is 2.14. The molecule has 0 radical (unpaired) electrons. The maximum absolute atomic E-state index is 12.9. The molecule has 2 heterocycles. The molecule has 1 aliphatic heterocycles. The monoisotopic (exact) mass is 332 g/mol. The summed E-state index contributed by atoms with van der Waals surface area (Å²) >= 11 is 1.43. The van der Waals surface area contributed by atoms with Gasteiger partial charge in [-0.25, -0.2) is 4.39 Å². The number of hydrogen-bond donors (Lipinski definition) is 0. The van der Waals surface area contributed by atoms with Gasteiger partial charge in [0.25, 0.3) is 5.91 Å². The van der Waals surface area contributed by atoms with E-state index in [1.807, 2.05) is 17.5 Å². The number of benzene rings is 1. The van der Waals surface area contributed by atoms with E-state index < -0.39 is 0 Å². The number of carbonyl (C=O) groups excluding carboxylic acids is 2. The van der Waals surface area contributed by atoms with Crippen molar-refractivity contribution >= 4 is 23.2 Å². The Morgan fingerprint density at radius 3 is 2.26 bits per heavy atom. The van der Waals surface area contributed by atoms with Gasteiger partial charge >= 0.3 is 0 Å². The lowest BCUT2D eigenvalue weighted by molar-refractivity contribution is -0.131. The lowest BCUT2D eigenvalue weighted by Gasteiger charge is -2.34. The quantitative estimate of drug-likeness (QED) is 0.866. The lowest BCUT2D eigenvalue weighted by Crippen LogP contribution is -2.50. The van der Waals surface area contributed by atoms with Gasteiger partial charge in [-0.3, -0.25) is 9.59 Å². The molecule has 2 aromatic rings. The molecule has 6 heteroatoms. The van der Waals surface area contributed by atoms with Gasteiger partial charge in [0, 0.05) is 26.2 Å². The zero-order valence-corrected chi connectivity index (χ0v) is 13.4. The van der Waals surface area contributed by atoms with Gasteiger partial charge in [-0.1, -0.05) is 18.2 Å². The first-order valence-electron chi connectivity index (χ1n) is 7.48. The number of amides is 2. The van der Waals surface area contributed by atoms with Gasteiger partial charge in [0.05, 0.1) is 11.3 Å². The fourth-order valence-electron chi connectivity index (χ4n) is 2.60. The van der Waals surface area contributed by atoms with Crippen LogP contribution in [0.1, 0.15) is 15.2 Å². The van der Waals surface area contributed by atoms with Crippen molar-refractivity contribution in [2.75, 3.05) is 26.2 Å². The third-order valence-corrected chi connectivity index (χ3v) is 4.78. The van der Waals surface area contributed by atoms with E-state index in [1.54, 1.807) is 21.9 Å². The van der Waals surface area contributed by atoms with Crippen molar-refractivity contribution in [2.24, 2.45) is 0 Å². The summed E-state index contributed by atoms with van der Waals surface area (Å²) in [6, 6.07) is 9.66. The first-order chi connectivity index (χ1) is 11.1. The molecule has 2 amide bonds. The van der Waals surface area contributed by atoms with Crippen LogP contribution in [-0.4, -0.2) is 47.8 Å². The fraction of sp³-hybridized carbons (Fsp3) is 0.294. The molecule has 1 aromatic carbocycles. The van der Waals surface area contributed by atoms with E-state index in [0.717, 1.165) is 10.4 Å². The van der Waals surface area contributed by atoms with Gasteiger partial charge in [-0.2, -0.15) is 0 Å². The van der Waals surface area contributed by atoms with Crippen molar-refractivity contribution in [3.63, 3.8) is 0 Å². The van der Waals surface area contributed by atoms with E-state index in [1.165, 1.54) is 23.5 Å². The Labute approximate surface area is 138 Å². The van der Waals surface area contributed by atoms with E-state index in [2.05, 4.69) is 0 Å². The molecule has 0 saturated carbocycles. The Morgan fingerprint density at radius 2 is 1.65 bits per heavy atom. The molecule has 1 aromatic heterocycles. The number of piperazine rings is 1. The summed E-state index contributed by atoms with van der Waals surface area (Å²) in [7, 11) is 0. The minimum Gasteiger partial charge on any atom is -0.339 e. The summed E-state index contributed by atoms with van der Waals surface area (Å²) in [5, 5.41) is 1.88. The Balaban J connectivity index is 1.53. The topological polar surface area (TPSA) is 40.6 Å². The molecule has 1 saturated heterocycles. The average molecular weight is 332 g/mol. The lowest BCUT2D eigenvalue weighted by atomic mass is 10.1. The number of thiophene rings is 1. The molecule has 0 spiro atoms. The van der Waals surface area contributed by atoms with Gasteiger partial charge in [0.2, 0.25) is 5.91 Å². The number of nitrogens with zero attached hydrogens (tertiary/aromatic N) is 2. The molecule has 0 bridgehead atoms. The second-order valence-corrected chi connectivity index (χ2v) is 6.40. The fourth-order valence-corrected chi connectivity index (χ4v) is 3.29. The van der Waals surface area contributed by atoms with E-state index in [9.17, 15) is 14.0 Å². The van der Waals surface area contributed by atoms with Crippen LogP contribution in [0.4, 0.5) is 4.39 Å². The van der Waals surface area contributed by atoms with Crippen LogP contribution in [0, 0.1) is 5.82 Å². The molecular weight excluding hydrogens is 315 g/mol. The highest BCUT2D eigenvalue weighted by Gasteiger charge is 2.25. The average Bonchev–Trinajstić information content (AvgIpc) is 3.11. The van der Waals surface area contributed by atoms with E-state index in [0.29, 0.717) is 26.2 Å². The third-order valence-electron chi connectivity index (χ3n) is 3.92. The highest BCUT2D eigenvalue weighted by molar-refractivity contribution is 7.12. The summed E-state index contributed by atoms with van der Waals surface area (Å²) in [5.41, 5.74) is 0.800. The van der Waals surface area contributed by atoms with Crippen LogP contribution >= 0.6 is 11.3 Å². The molecular formula is C17H17FN2O2S. The Bertz CT molecular complexity index is 677. The summed E-state index contributed by atoms with van der Waals surface area (Å²) in [4.78, 5) is 28.8. The van der Waals surface area contributed by atoms with Gasteiger partial charge in [0.15, 0.2) is 0 Å². The maximum atomic E-state index is 12.9. The predicted molar refractivity (Wildman–Crippen MR) is 86.9 cm³/mol. The molecule has 1 aliphatic rings. The largest absolute Gasteiger partial charge is 0.339 e. The molecule has 0 aliphatic carbocycles. The van der Waals surface area contributed by atoms with E-state index >= 15 is 0 Å².